The minimum absolute atomic E-state index is 0.0397. The quantitative estimate of drug-likeness (QED) is 0.0572. The number of cyclic esters (lactones) is 2. The van der Waals surface area contributed by atoms with Gasteiger partial charge in [-0.15, -0.1) is 0 Å². The molecule has 9 heterocycles. The lowest BCUT2D eigenvalue weighted by atomic mass is 9.73. The molecule has 734 valence electrons. The fourth-order valence-corrected chi connectivity index (χ4v) is 19.4. The lowest BCUT2D eigenvalue weighted by Crippen LogP contribution is -2.62. The van der Waals surface area contributed by atoms with Gasteiger partial charge in [0, 0.05) is 128 Å². The topological polar surface area (TPSA) is 455 Å². The van der Waals surface area contributed by atoms with E-state index in [1.54, 1.807) is 115 Å². The maximum Gasteiger partial charge on any atom is 0.419 e. The standard InChI is InChI=1S/C44H73N3O15.C40H71NO14.C7H6N4O/c1-16-31-44(11,53)36(50)25(4)33(49)23(2)20-42(9,54-14)37(61-40-35(58-29(8)48)30(46(12)13)19-24(3)56-40)26(5)34(27(6)39(51)59-31)60-32-21-43(10,55-15)38(28(7)57-32)62-41(52)47-18-17-45-22-47;1-16-28-40(11,47)33(44)22(4)30(43)20(2)18-39(10,49-15)35(55-37-32(52-26(8)42)27(41(12)13)17-21(3)50-37)23(5)31(24(6)36(46)53-28)54-29-19-38(9,48-14)34(45)25(7)51-29;12-7(10-3-1-8-5-10)11-4-2-9-6-11/h17-18,22-28,30-32,34-38,40,50,53H,16,19-21H2,1-15H3;20-25,27-29,31-35,37,44-45,47H,16-19H2,1-15H3;1-6H/t23-,24-,25+,26+,27-,28+,30+,31-,32?,34+,35-,36-,37-,38+,40?,42-,43-,44-;20-,21-,22+,23+,24-,25+,27+,28-,29?,31+,32-,33-,34+,35-,37?,38-,39-,40-;/m11./s1. The third kappa shape index (κ3) is 25.8. The second kappa shape index (κ2) is 46.0. The van der Waals surface area contributed by atoms with E-state index in [1.807, 2.05) is 65.7 Å². The third-order valence-corrected chi connectivity index (χ3v) is 27.4. The molecule has 36 atom stereocenters. The molecular weight excluding hydrogens is 1690 g/mol. The Hall–Kier alpha value is -6.77. The molecule has 3 aromatic heterocycles. The van der Waals surface area contributed by atoms with Crippen molar-refractivity contribution in [3.05, 3.63) is 56.2 Å². The molecule has 38 heteroatoms. The van der Waals surface area contributed by atoms with Crippen molar-refractivity contribution in [1.29, 1.82) is 0 Å². The molecule has 0 aromatic carbocycles. The number of aromatic nitrogens is 6. The first kappa shape index (κ1) is 109. The molecule has 6 saturated heterocycles. The number of carbonyl (C=O) groups excluding carboxylic acids is 8. The van der Waals surface area contributed by atoms with Gasteiger partial charge in [0.05, 0.1) is 102 Å². The first-order valence-corrected chi connectivity index (χ1v) is 44.9. The minimum atomic E-state index is -2.02. The molecule has 3 aromatic rings. The van der Waals surface area contributed by atoms with Gasteiger partial charge in [0.25, 0.3) is 0 Å². The summed E-state index contributed by atoms with van der Waals surface area (Å²) in [6.45, 7) is 36.6. The van der Waals surface area contributed by atoms with Gasteiger partial charge >= 0.3 is 36.0 Å². The summed E-state index contributed by atoms with van der Waals surface area (Å²) in [5, 5.41) is 57.5. The smallest absolute Gasteiger partial charge is 0.419 e. The van der Waals surface area contributed by atoms with Crippen LogP contribution in [-0.2, 0) is 109 Å². The molecule has 6 aliphatic rings. The maximum absolute atomic E-state index is 14.5. The number of Topliss-reactive ketones (excluding diaryl/α,β-unsaturated/α-hetero) is 2. The van der Waals surface area contributed by atoms with Gasteiger partial charge in [0.15, 0.2) is 43.5 Å². The van der Waals surface area contributed by atoms with Crippen LogP contribution in [-0.4, -0.2) is 337 Å². The summed E-state index contributed by atoms with van der Waals surface area (Å²) >= 11 is 0. The van der Waals surface area contributed by atoms with E-state index in [9.17, 15) is 63.9 Å². The summed E-state index contributed by atoms with van der Waals surface area (Å²) in [5.74, 6) is -10.5. The molecule has 0 saturated carbocycles. The average Bonchev–Trinajstić information content (AvgIpc) is 1.21. The summed E-state index contributed by atoms with van der Waals surface area (Å²) in [5.41, 5.74) is -8.83. The highest BCUT2D eigenvalue weighted by atomic mass is 16.7. The van der Waals surface area contributed by atoms with Gasteiger partial charge in [0.1, 0.15) is 65.7 Å². The second-order valence-corrected chi connectivity index (χ2v) is 38.0. The van der Waals surface area contributed by atoms with E-state index in [0.717, 1.165) is 0 Å². The number of ether oxygens (including phenoxy) is 17. The molecule has 129 heavy (non-hydrogen) atoms. The number of aliphatic hydroxyl groups excluding tert-OH is 3. The van der Waals surface area contributed by atoms with Crippen LogP contribution < -0.4 is 0 Å². The van der Waals surface area contributed by atoms with Crippen LogP contribution in [0.1, 0.15) is 204 Å². The fourth-order valence-electron chi connectivity index (χ4n) is 19.4. The van der Waals surface area contributed by atoms with E-state index in [1.165, 1.54) is 108 Å². The van der Waals surface area contributed by atoms with Crippen molar-refractivity contribution < 1.29 is 144 Å². The number of ketones is 2. The predicted molar refractivity (Wildman–Crippen MR) is 464 cm³/mol. The largest absolute Gasteiger partial charge is 0.459 e. The van der Waals surface area contributed by atoms with Crippen molar-refractivity contribution in [2.24, 2.45) is 47.3 Å². The number of hydrogen-bond acceptors (Lipinski definition) is 35. The van der Waals surface area contributed by atoms with Gasteiger partial charge in [-0.3, -0.25) is 37.9 Å². The van der Waals surface area contributed by atoms with Gasteiger partial charge in [-0.1, -0.05) is 55.4 Å². The molecular formula is C91H150N8O30. The van der Waals surface area contributed by atoms with Gasteiger partial charge in [-0.05, 0) is 150 Å². The van der Waals surface area contributed by atoms with Crippen molar-refractivity contribution in [2.75, 3.05) is 56.6 Å². The van der Waals surface area contributed by atoms with Crippen LogP contribution in [0.3, 0.4) is 0 Å². The van der Waals surface area contributed by atoms with Crippen molar-refractivity contribution >= 4 is 47.6 Å². The highest BCUT2D eigenvalue weighted by Gasteiger charge is 2.59. The summed E-state index contributed by atoms with van der Waals surface area (Å²) in [6, 6.07) is -0.777. The highest BCUT2D eigenvalue weighted by molar-refractivity contribution is 5.84. The SMILES string of the molecule is CC[C@H]1OC(=O)[C@H](C)[C@@H](OC2C[C@@](C)(OC)[C@@H](O)[C@H](C)O2)[C@H](C)[C@@H](OC2O[C@H](C)C[C@H](N(C)C)[C@H]2OC(C)=O)[C@](C)(OC)C[C@@H](C)C(=O)[C@H](C)[C@@H](O)[C@]1(C)O.CC[C@H]1OC(=O)[C@H](C)[C@@H](OC2C[C@@](C)(OC)[C@@H](OC(=O)n3ccnc3)[C@H](C)O2)[C@H](C)[C@@H](OC2O[C@H](C)C[C@H](N(C)C)[C@H]2OC(C)=O)[C@](C)(OC)C[C@@H](C)C(=O)[C@H](C)[C@@H](O)[C@]1(C)O.O=C(n1ccnc1)n1ccnc1. The lowest BCUT2D eigenvalue weighted by Gasteiger charge is -2.50. The Morgan fingerprint density at radius 3 is 1.12 bits per heavy atom. The van der Waals surface area contributed by atoms with Crippen molar-refractivity contribution in [2.45, 2.75) is 372 Å². The Morgan fingerprint density at radius 1 is 0.450 bits per heavy atom. The van der Waals surface area contributed by atoms with Crippen LogP contribution in [0.25, 0.3) is 0 Å². The summed E-state index contributed by atoms with van der Waals surface area (Å²) < 4.78 is 111. The van der Waals surface area contributed by atoms with Crippen molar-refractivity contribution in [1.82, 2.24) is 38.5 Å². The Bertz CT molecular complexity index is 4030. The predicted octanol–water partition coefficient (Wildman–Crippen LogP) is 7.51. The fraction of sp³-hybridized carbons (Fsp3) is 0.813. The average molecular weight is 1840 g/mol. The van der Waals surface area contributed by atoms with Crippen molar-refractivity contribution in [3.8, 4) is 0 Å². The molecule has 0 spiro atoms. The van der Waals surface area contributed by atoms with E-state index in [2.05, 4.69) is 15.0 Å². The number of methoxy groups -OCH3 is 4. The van der Waals surface area contributed by atoms with Crippen LogP contribution in [0.15, 0.2) is 56.2 Å². The zero-order valence-corrected chi connectivity index (χ0v) is 81.2. The molecule has 0 radical (unpaired) electrons. The Labute approximate surface area is 759 Å². The van der Waals surface area contributed by atoms with Gasteiger partial charge in [0.2, 0.25) is 0 Å². The van der Waals surface area contributed by atoms with Crippen LogP contribution in [0, 0.1) is 47.3 Å². The maximum atomic E-state index is 14.5. The molecule has 0 bridgehead atoms. The molecule has 6 fully saturated rings. The van der Waals surface area contributed by atoms with Crippen LogP contribution in [0.2, 0.25) is 0 Å². The number of nitrogens with zero attached hydrogens (tertiary/aromatic N) is 8. The Kier molecular flexibility index (Phi) is 38.9. The zero-order valence-electron chi connectivity index (χ0n) is 81.2. The Morgan fingerprint density at radius 2 is 0.791 bits per heavy atom. The number of imidazole rings is 3. The van der Waals surface area contributed by atoms with E-state index < -0.39 is 222 Å². The second-order valence-electron chi connectivity index (χ2n) is 38.0. The number of rotatable bonds is 19. The monoisotopic (exact) mass is 1840 g/mol. The lowest BCUT2D eigenvalue weighted by molar-refractivity contribution is -0.320. The number of hydrogen-bond donors (Lipinski definition) is 5. The normalized spacial score (nSPS) is 41.5. The zero-order chi connectivity index (χ0) is 97.0. The molecule has 6 aliphatic heterocycles. The molecule has 38 nitrogen and oxygen atoms in total. The van der Waals surface area contributed by atoms with Gasteiger partial charge in [-0.2, -0.15) is 0 Å². The number of carbonyl (C=O) groups is 8. The van der Waals surface area contributed by atoms with Crippen LogP contribution >= 0.6 is 0 Å². The molecule has 5 N–H and O–H groups in total. The molecule has 0 amide bonds. The number of aliphatic hydroxyl groups is 5. The minimum Gasteiger partial charge on any atom is -0.459 e. The summed E-state index contributed by atoms with van der Waals surface area (Å²) in [6.07, 6.45) is -5.43. The highest BCUT2D eigenvalue weighted by Crippen LogP contribution is 2.47. The third-order valence-electron chi connectivity index (χ3n) is 27.4. The van der Waals surface area contributed by atoms with Crippen LogP contribution in [0.5, 0.6) is 0 Å². The van der Waals surface area contributed by atoms with Crippen LogP contribution in [0.4, 0.5) is 9.59 Å². The van der Waals surface area contributed by atoms with Gasteiger partial charge in [-0.25, -0.2) is 29.1 Å². The van der Waals surface area contributed by atoms with E-state index in [0.29, 0.717) is 12.8 Å². The summed E-state index contributed by atoms with van der Waals surface area (Å²) in [4.78, 5) is 122. The van der Waals surface area contributed by atoms with Crippen molar-refractivity contribution in [3.63, 3.8) is 0 Å². The first-order chi connectivity index (χ1) is 60.1. The molecule has 4 unspecified atom stereocenters. The first-order valence-electron chi connectivity index (χ1n) is 44.9. The van der Waals surface area contributed by atoms with E-state index in [-0.39, 0.29) is 80.4 Å². The van der Waals surface area contributed by atoms with E-state index in [4.69, 9.17) is 80.5 Å². The number of esters is 4. The summed E-state index contributed by atoms with van der Waals surface area (Å²) in [7, 11) is 13.5. The number of likely N-dealkylation sites (N-methyl/N-ethyl adjacent to an activating group) is 2. The molecule has 9 rings (SSSR count). The molecule has 0 aliphatic carbocycles. The Balaban J connectivity index is 0.000000312. The van der Waals surface area contributed by atoms with Gasteiger partial charge < -0.3 is 116 Å². The van der Waals surface area contributed by atoms with E-state index >= 15 is 0 Å².